The Labute approximate surface area is 240 Å². The first-order valence-electron chi connectivity index (χ1n) is 12.8. The smallest absolute Gasteiger partial charge is 0.264 e. The molecule has 3 aromatic carbocycles. The van der Waals surface area contributed by atoms with E-state index >= 15 is 0 Å². The van der Waals surface area contributed by atoms with Gasteiger partial charge >= 0.3 is 0 Å². The summed E-state index contributed by atoms with van der Waals surface area (Å²) < 4.78 is 28.6. The van der Waals surface area contributed by atoms with Gasteiger partial charge in [-0.15, -0.1) is 0 Å². The maximum atomic E-state index is 14.0. The van der Waals surface area contributed by atoms with E-state index in [1.54, 1.807) is 24.3 Å². The number of carbonyl (C=O) groups is 2. The highest BCUT2D eigenvalue weighted by Gasteiger charge is 2.34. The third kappa shape index (κ3) is 7.97. The van der Waals surface area contributed by atoms with Crippen molar-refractivity contribution in [1.29, 1.82) is 0 Å². The van der Waals surface area contributed by atoms with E-state index in [1.807, 2.05) is 44.2 Å². The molecule has 0 spiro atoms. The van der Waals surface area contributed by atoms with Crippen LogP contribution in [0.2, 0.25) is 10.0 Å². The maximum absolute atomic E-state index is 14.0. The lowest BCUT2D eigenvalue weighted by molar-refractivity contribution is -0.139. The summed E-state index contributed by atoms with van der Waals surface area (Å²) in [4.78, 5) is 28.5. The van der Waals surface area contributed by atoms with Crippen LogP contribution in [-0.4, -0.2) is 50.8 Å². The fraction of sp³-hybridized carbons (Fsp3) is 0.310. The number of sulfonamides is 1. The van der Waals surface area contributed by atoms with Crippen LogP contribution in [0.1, 0.15) is 32.3 Å². The summed E-state index contributed by atoms with van der Waals surface area (Å²) in [5.74, 6) is -0.806. The largest absolute Gasteiger partial charge is 0.354 e. The Hall–Kier alpha value is -3.07. The molecule has 1 unspecified atom stereocenters. The summed E-state index contributed by atoms with van der Waals surface area (Å²) >= 11 is 12.6. The molecule has 0 aromatic heterocycles. The fourth-order valence-corrected chi connectivity index (χ4v) is 6.05. The van der Waals surface area contributed by atoms with Crippen LogP contribution in [0.5, 0.6) is 0 Å². The van der Waals surface area contributed by atoms with Gasteiger partial charge in [-0.1, -0.05) is 85.6 Å². The Kier molecular flexibility index (Phi) is 11.2. The molecule has 0 aliphatic carbocycles. The minimum Gasteiger partial charge on any atom is -0.354 e. The molecule has 3 aromatic rings. The Balaban J connectivity index is 2.02. The molecule has 0 saturated heterocycles. The number of rotatable bonds is 13. The lowest BCUT2D eigenvalue weighted by atomic mass is 10.1. The van der Waals surface area contributed by atoms with Gasteiger partial charge < -0.3 is 10.2 Å². The average Bonchev–Trinajstić information content (AvgIpc) is 2.94. The van der Waals surface area contributed by atoms with Crippen molar-refractivity contribution in [3.8, 4) is 0 Å². The SMILES string of the molecule is CCCNC(=O)C(CC)N(CCc1ccccc1)C(=O)CN(c1cc(Cl)ccc1Cl)S(=O)(=O)c1ccccc1. The number of benzene rings is 3. The minimum absolute atomic E-state index is 0.00240. The van der Waals surface area contributed by atoms with Crippen molar-refractivity contribution in [2.24, 2.45) is 0 Å². The van der Waals surface area contributed by atoms with Crippen LogP contribution in [0.15, 0.2) is 83.8 Å². The van der Waals surface area contributed by atoms with Crippen LogP contribution in [0.3, 0.4) is 0 Å². The molecule has 0 saturated carbocycles. The molecule has 39 heavy (non-hydrogen) atoms. The second-order valence-electron chi connectivity index (χ2n) is 8.96. The number of carbonyl (C=O) groups excluding carboxylic acids is 2. The predicted octanol–water partition coefficient (Wildman–Crippen LogP) is 5.56. The Morgan fingerprint density at radius 1 is 0.923 bits per heavy atom. The molecule has 1 N–H and O–H groups in total. The van der Waals surface area contributed by atoms with Crippen LogP contribution < -0.4 is 9.62 Å². The highest BCUT2D eigenvalue weighted by molar-refractivity contribution is 7.92. The van der Waals surface area contributed by atoms with Crippen LogP contribution in [0, 0.1) is 0 Å². The first-order valence-corrected chi connectivity index (χ1v) is 15.0. The molecule has 0 aliphatic rings. The van der Waals surface area contributed by atoms with E-state index in [4.69, 9.17) is 23.2 Å². The third-order valence-electron chi connectivity index (χ3n) is 6.21. The molecule has 0 fully saturated rings. The van der Waals surface area contributed by atoms with Crippen molar-refractivity contribution in [1.82, 2.24) is 10.2 Å². The number of nitrogens with zero attached hydrogens (tertiary/aromatic N) is 2. The van der Waals surface area contributed by atoms with E-state index in [2.05, 4.69) is 5.32 Å². The third-order valence-corrected chi connectivity index (χ3v) is 8.53. The van der Waals surface area contributed by atoms with E-state index in [1.165, 1.54) is 29.2 Å². The minimum atomic E-state index is -4.21. The quantitative estimate of drug-likeness (QED) is 0.282. The molecule has 2 amide bonds. The highest BCUT2D eigenvalue weighted by Crippen LogP contribution is 2.33. The van der Waals surface area contributed by atoms with E-state index in [9.17, 15) is 18.0 Å². The van der Waals surface area contributed by atoms with Gasteiger partial charge in [0, 0.05) is 18.1 Å². The molecule has 0 radical (unpaired) electrons. The normalized spacial score (nSPS) is 12.0. The van der Waals surface area contributed by atoms with Crippen LogP contribution in [0.25, 0.3) is 0 Å². The van der Waals surface area contributed by atoms with Crippen molar-refractivity contribution in [3.63, 3.8) is 0 Å². The van der Waals surface area contributed by atoms with Crippen molar-refractivity contribution < 1.29 is 18.0 Å². The predicted molar refractivity (Wildman–Crippen MR) is 157 cm³/mol. The molecular weight excluding hydrogens is 557 g/mol. The van der Waals surface area contributed by atoms with Gasteiger partial charge in [0.15, 0.2) is 0 Å². The summed E-state index contributed by atoms with van der Waals surface area (Å²) in [5.41, 5.74) is 1.07. The highest BCUT2D eigenvalue weighted by atomic mass is 35.5. The summed E-state index contributed by atoms with van der Waals surface area (Å²) in [6.45, 7) is 3.90. The number of halogens is 2. The first-order chi connectivity index (χ1) is 18.7. The zero-order valence-corrected chi connectivity index (χ0v) is 24.3. The van der Waals surface area contributed by atoms with Gasteiger partial charge in [-0.2, -0.15) is 0 Å². The lowest BCUT2D eigenvalue weighted by Crippen LogP contribution is -2.53. The summed E-state index contributed by atoms with van der Waals surface area (Å²) in [7, 11) is -4.21. The Morgan fingerprint density at radius 3 is 2.18 bits per heavy atom. The average molecular weight is 591 g/mol. The van der Waals surface area contributed by atoms with E-state index in [-0.39, 0.29) is 33.1 Å². The summed E-state index contributed by atoms with van der Waals surface area (Å²) in [6, 6.07) is 21.1. The van der Waals surface area contributed by atoms with Crippen LogP contribution in [0.4, 0.5) is 5.69 Å². The number of amides is 2. The molecule has 3 rings (SSSR count). The van der Waals surface area contributed by atoms with Crippen LogP contribution in [-0.2, 0) is 26.0 Å². The van der Waals surface area contributed by atoms with Crippen LogP contribution >= 0.6 is 23.2 Å². The molecule has 1 atom stereocenters. The second-order valence-corrected chi connectivity index (χ2v) is 11.7. The molecule has 0 bridgehead atoms. The van der Waals surface area contributed by atoms with E-state index in [0.29, 0.717) is 19.4 Å². The summed E-state index contributed by atoms with van der Waals surface area (Å²) in [6.07, 6.45) is 1.60. The topological polar surface area (TPSA) is 86.8 Å². The standard InChI is InChI=1S/C29H33Cl2N3O4S/c1-3-18-32-29(36)26(4-2)33(19-17-22-11-7-5-8-12-22)28(35)21-34(27-20-23(30)15-16-25(27)31)39(37,38)24-13-9-6-10-14-24/h5-16,20,26H,3-4,17-19,21H2,1-2H3,(H,32,36). The van der Waals surface area contributed by atoms with E-state index < -0.39 is 28.5 Å². The molecule has 208 valence electrons. The van der Waals surface area contributed by atoms with Gasteiger partial charge in [-0.3, -0.25) is 13.9 Å². The van der Waals surface area contributed by atoms with Crippen molar-refractivity contribution in [2.75, 3.05) is 23.9 Å². The Morgan fingerprint density at radius 2 is 1.56 bits per heavy atom. The van der Waals surface area contributed by atoms with Gasteiger partial charge in [0.1, 0.15) is 12.6 Å². The second kappa shape index (κ2) is 14.4. The number of nitrogens with one attached hydrogen (secondary N) is 1. The van der Waals surface area contributed by atoms with Crippen molar-refractivity contribution in [2.45, 2.75) is 44.0 Å². The monoisotopic (exact) mass is 589 g/mol. The maximum Gasteiger partial charge on any atom is 0.264 e. The number of hydrogen-bond acceptors (Lipinski definition) is 4. The van der Waals surface area contributed by atoms with Gasteiger partial charge in [0.25, 0.3) is 10.0 Å². The zero-order chi connectivity index (χ0) is 28.4. The first kappa shape index (κ1) is 30.5. The van der Waals surface area contributed by atoms with Gasteiger partial charge in [0.2, 0.25) is 11.8 Å². The van der Waals surface area contributed by atoms with Gasteiger partial charge in [-0.05, 0) is 55.2 Å². The van der Waals surface area contributed by atoms with E-state index in [0.717, 1.165) is 16.3 Å². The molecule has 7 nitrogen and oxygen atoms in total. The van der Waals surface area contributed by atoms with Crippen molar-refractivity contribution in [3.05, 3.63) is 94.5 Å². The Bertz CT molecular complexity index is 1360. The molecular formula is C29H33Cl2N3O4S. The molecule has 0 aliphatic heterocycles. The fourth-order valence-electron chi connectivity index (χ4n) is 4.17. The number of anilines is 1. The molecule has 10 heteroatoms. The van der Waals surface area contributed by atoms with Gasteiger partial charge in [0.05, 0.1) is 15.6 Å². The molecule has 0 heterocycles. The van der Waals surface area contributed by atoms with Gasteiger partial charge in [-0.25, -0.2) is 8.42 Å². The van der Waals surface area contributed by atoms with Crippen molar-refractivity contribution >= 4 is 50.7 Å². The zero-order valence-electron chi connectivity index (χ0n) is 22.0. The summed E-state index contributed by atoms with van der Waals surface area (Å²) in [5, 5.41) is 3.26. The lowest BCUT2D eigenvalue weighted by Gasteiger charge is -2.33. The number of hydrogen-bond donors (Lipinski definition) is 1.